The molecule has 16 heavy (non-hydrogen) atoms. The van der Waals surface area contributed by atoms with Crippen molar-refractivity contribution in [1.29, 1.82) is 0 Å². The number of urea groups is 1. The van der Waals surface area contributed by atoms with Gasteiger partial charge < -0.3 is 5.32 Å². The van der Waals surface area contributed by atoms with E-state index in [9.17, 15) is 9.59 Å². The highest BCUT2D eigenvalue weighted by atomic mass is 16.2. The van der Waals surface area contributed by atoms with Crippen LogP contribution in [0, 0.1) is 11.8 Å². The average molecular weight is 224 g/mol. The average Bonchev–Trinajstić information content (AvgIpc) is 2.62. The molecule has 1 saturated carbocycles. The summed E-state index contributed by atoms with van der Waals surface area (Å²) in [7, 11) is 0. The SMILES string of the molecule is CCC1CCC(CN2C(=O)CNC2=O)CC1. The molecule has 2 aliphatic rings. The molecule has 0 bridgehead atoms. The van der Waals surface area contributed by atoms with E-state index >= 15 is 0 Å². The minimum absolute atomic E-state index is 0.0670. The van der Waals surface area contributed by atoms with E-state index in [-0.39, 0.29) is 18.5 Å². The van der Waals surface area contributed by atoms with E-state index in [0.29, 0.717) is 12.5 Å². The van der Waals surface area contributed by atoms with Gasteiger partial charge in [0.25, 0.3) is 0 Å². The number of nitrogens with zero attached hydrogens (tertiary/aromatic N) is 1. The largest absolute Gasteiger partial charge is 0.329 e. The van der Waals surface area contributed by atoms with Gasteiger partial charge in [-0.1, -0.05) is 26.2 Å². The molecule has 0 spiro atoms. The molecule has 0 atom stereocenters. The van der Waals surface area contributed by atoms with Crippen LogP contribution in [0.5, 0.6) is 0 Å². The number of carbonyl (C=O) groups is 2. The van der Waals surface area contributed by atoms with Crippen molar-refractivity contribution in [1.82, 2.24) is 10.2 Å². The van der Waals surface area contributed by atoms with Crippen LogP contribution in [0.2, 0.25) is 0 Å². The third-order valence-electron chi connectivity index (χ3n) is 3.92. The molecule has 0 aromatic rings. The van der Waals surface area contributed by atoms with Crippen LogP contribution in [-0.4, -0.2) is 29.9 Å². The summed E-state index contributed by atoms with van der Waals surface area (Å²) in [4.78, 5) is 24.2. The molecular formula is C12H20N2O2. The van der Waals surface area contributed by atoms with E-state index in [0.717, 1.165) is 18.8 Å². The number of hydrogen-bond donors (Lipinski definition) is 1. The Balaban J connectivity index is 1.82. The van der Waals surface area contributed by atoms with Gasteiger partial charge in [0.15, 0.2) is 0 Å². The molecule has 1 aliphatic heterocycles. The standard InChI is InChI=1S/C12H20N2O2/c1-2-9-3-5-10(6-4-9)8-14-11(15)7-13-12(14)16/h9-10H,2-8H2,1H3,(H,13,16). The monoisotopic (exact) mass is 224 g/mol. The molecule has 1 N–H and O–H groups in total. The van der Waals surface area contributed by atoms with E-state index in [1.54, 1.807) is 0 Å². The number of nitrogens with one attached hydrogen (secondary N) is 1. The third-order valence-corrected chi connectivity index (χ3v) is 3.92. The lowest BCUT2D eigenvalue weighted by Crippen LogP contribution is -2.36. The first-order valence-electron chi connectivity index (χ1n) is 6.29. The van der Waals surface area contributed by atoms with Crippen LogP contribution in [0.1, 0.15) is 39.0 Å². The van der Waals surface area contributed by atoms with Crippen molar-refractivity contribution in [2.75, 3.05) is 13.1 Å². The smallest absolute Gasteiger partial charge is 0.324 e. The zero-order valence-electron chi connectivity index (χ0n) is 9.87. The Kier molecular flexibility index (Phi) is 3.46. The lowest BCUT2D eigenvalue weighted by molar-refractivity contribution is -0.125. The van der Waals surface area contributed by atoms with Gasteiger partial charge in [0.05, 0.1) is 6.54 Å². The van der Waals surface area contributed by atoms with Crippen LogP contribution >= 0.6 is 0 Å². The van der Waals surface area contributed by atoms with Gasteiger partial charge in [-0.2, -0.15) is 0 Å². The minimum atomic E-state index is -0.206. The van der Waals surface area contributed by atoms with E-state index in [2.05, 4.69) is 12.2 Å². The molecule has 90 valence electrons. The summed E-state index contributed by atoms with van der Waals surface area (Å²) in [6, 6.07) is -0.206. The van der Waals surface area contributed by atoms with Crippen LogP contribution in [0.15, 0.2) is 0 Å². The van der Waals surface area contributed by atoms with Crippen molar-refractivity contribution in [2.45, 2.75) is 39.0 Å². The molecule has 0 aromatic heterocycles. The summed E-state index contributed by atoms with van der Waals surface area (Å²) in [5.74, 6) is 1.32. The maximum absolute atomic E-state index is 11.4. The predicted octanol–water partition coefficient (Wildman–Crippen LogP) is 1.75. The number of rotatable bonds is 3. The second-order valence-electron chi connectivity index (χ2n) is 4.96. The molecule has 3 amide bonds. The van der Waals surface area contributed by atoms with Gasteiger partial charge >= 0.3 is 6.03 Å². The summed E-state index contributed by atoms with van der Waals surface area (Å²) >= 11 is 0. The van der Waals surface area contributed by atoms with Crippen molar-refractivity contribution < 1.29 is 9.59 Å². The number of hydrogen-bond acceptors (Lipinski definition) is 2. The molecule has 1 heterocycles. The maximum atomic E-state index is 11.4. The van der Waals surface area contributed by atoms with Crippen molar-refractivity contribution in [3.63, 3.8) is 0 Å². The van der Waals surface area contributed by atoms with Gasteiger partial charge in [0.2, 0.25) is 5.91 Å². The van der Waals surface area contributed by atoms with Crippen molar-refractivity contribution in [3.8, 4) is 0 Å². The van der Waals surface area contributed by atoms with Crippen LogP contribution in [0.4, 0.5) is 4.79 Å². The molecule has 2 rings (SSSR count). The van der Waals surface area contributed by atoms with Crippen molar-refractivity contribution in [3.05, 3.63) is 0 Å². The van der Waals surface area contributed by atoms with Crippen molar-refractivity contribution >= 4 is 11.9 Å². The van der Waals surface area contributed by atoms with Gasteiger partial charge in [0, 0.05) is 6.54 Å². The fraction of sp³-hybridized carbons (Fsp3) is 0.833. The number of carbonyl (C=O) groups excluding carboxylic acids is 2. The molecule has 4 heteroatoms. The normalized spacial score (nSPS) is 30.7. The first-order valence-corrected chi connectivity index (χ1v) is 6.29. The maximum Gasteiger partial charge on any atom is 0.324 e. The van der Waals surface area contributed by atoms with Crippen LogP contribution in [-0.2, 0) is 4.79 Å². The Morgan fingerprint density at radius 1 is 1.19 bits per heavy atom. The second kappa shape index (κ2) is 4.85. The summed E-state index contributed by atoms with van der Waals surface area (Å²) in [5.41, 5.74) is 0. The minimum Gasteiger partial charge on any atom is -0.329 e. The topological polar surface area (TPSA) is 49.4 Å². The summed E-state index contributed by atoms with van der Waals surface area (Å²) < 4.78 is 0. The lowest BCUT2D eigenvalue weighted by atomic mass is 9.81. The second-order valence-corrected chi connectivity index (χ2v) is 4.96. The van der Waals surface area contributed by atoms with Gasteiger partial charge in [-0.05, 0) is 24.7 Å². The predicted molar refractivity (Wildman–Crippen MR) is 60.9 cm³/mol. The molecule has 1 saturated heterocycles. The Hall–Kier alpha value is -1.06. The highest BCUT2D eigenvalue weighted by Crippen LogP contribution is 2.31. The first kappa shape index (κ1) is 11.4. The summed E-state index contributed by atoms with van der Waals surface area (Å²) in [6.07, 6.45) is 6.09. The fourth-order valence-corrected chi connectivity index (χ4v) is 2.72. The molecule has 2 fully saturated rings. The van der Waals surface area contributed by atoms with E-state index in [4.69, 9.17) is 0 Å². The summed E-state index contributed by atoms with van der Waals surface area (Å²) in [6.45, 7) is 3.05. The van der Waals surface area contributed by atoms with Gasteiger partial charge in [0.1, 0.15) is 0 Å². The molecule has 1 aliphatic carbocycles. The molecule has 0 unspecified atom stereocenters. The number of imide groups is 1. The van der Waals surface area contributed by atoms with Crippen LogP contribution < -0.4 is 5.32 Å². The third kappa shape index (κ3) is 2.36. The quantitative estimate of drug-likeness (QED) is 0.742. The molecule has 0 radical (unpaired) electrons. The first-order chi connectivity index (χ1) is 7.70. The Morgan fingerprint density at radius 3 is 2.31 bits per heavy atom. The van der Waals surface area contributed by atoms with Gasteiger partial charge in [-0.3, -0.25) is 9.69 Å². The molecule has 0 aromatic carbocycles. The molecule has 4 nitrogen and oxygen atoms in total. The Labute approximate surface area is 96.4 Å². The van der Waals surface area contributed by atoms with Gasteiger partial charge in [-0.25, -0.2) is 4.79 Å². The zero-order chi connectivity index (χ0) is 11.5. The van der Waals surface area contributed by atoms with E-state index < -0.39 is 0 Å². The fourth-order valence-electron chi connectivity index (χ4n) is 2.72. The summed E-state index contributed by atoms with van der Waals surface area (Å²) in [5, 5.41) is 2.57. The van der Waals surface area contributed by atoms with Gasteiger partial charge in [-0.15, -0.1) is 0 Å². The van der Waals surface area contributed by atoms with E-state index in [1.165, 1.54) is 24.2 Å². The van der Waals surface area contributed by atoms with Crippen molar-refractivity contribution in [2.24, 2.45) is 11.8 Å². The zero-order valence-corrected chi connectivity index (χ0v) is 9.87. The lowest BCUT2D eigenvalue weighted by Gasteiger charge is -2.29. The highest BCUT2D eigenvalue weighted by molar-refractivity contribution is 6.01. The Morgan fingerprint density at radius 2 is 1.81 bits per heavy atom. The van der Waals surface area contributed by atoms with Crippen LogP contribution in [0.25, 0.3) is 0 Å². The molecular weight excluding hydrogens is 204 g/mol. The Bertz CT molecular complexity index is 267. The van der Waals surface area contributed by atoms with Crippen LogP contribution in [0.3, 0.4) is 0 Å². The number of amides is 3. The highest BCUT2D eigenvalue weighted by Gasteiger charge is 2.31. The van der Waals surface area contributed by atoms with E-state index in [1.807, 2.05) is 0 Å².